The second-order valence-corrected chi connectivity index (χ2v) is 6.84. The summed E-state index contributed by atoms with van der Waals surface area (Å²) in [5, 5.41) is 6.17. The molecule has 0 atom stereocenters. The lowest BCUT2D eigenvalue weighted by Crippen LogP contribution is -2.28. The van der Waals surface area contributed by atoms with Crippen LogP contribution in [0.5, 0.6) is 0 Å². The molecule has 3 aromatic rings. The van der Waals surface area contributed by atoms with Crippen LogP contribution in [0.15, 0.2) is 59.2 Å². The van der Waals surface area contributed by atoms with E-state index in [4.69, 9.17) is 0 Å². The molecular weight excluding hydrogens is 442 g/mol. The van der Waals surface area contributed by atoms with Crippen LogP contribution < -0.4 is 5.32 Å². The quantitative estimate of drug-likeness (QED) is 0.563. The minimum Gasteiger partial charge on any atom is -0.352 e. The van der Waals surface area contributed by atoms with E-state index >= 15 is 0 Å². The highest BCUT2D eigenvalue weighted by atomic mass is 79.9. The molecule has 0 aliphatic heterocycles. The van der Waals surface area contributed by atoms with E-state index in [1.54, 1.807) is 0 Å². The minimum absolute atomic E-state index is 0.00244. The molecule has 1 N–H and O–H groups in total. The SMILES string of the molecule is O=C(NCCc1ccc(Br)cc1)c1cnn(-c2ccc(F)cc2)c1C(F)(F)F. The summed E-state index contributed by atoms with van der Waals surface area (Å²) in [5.74, 6) is -1.46. The van der Waals surface area contributed by atoms with Crippen LogP contribution >= 0.6 is 15.9 Å². The topological polar surface area (TPSA) is 46.9 Å². The van der Waals surface area contributed by atoms with Crippen molar-refractivity contribution in [1.29, 1.82) is 0 Å². The lowest BCUT2D eigenvalue weighted by Gasteiger charge is -2.13. The van der Waals surface area contributed by atoms with Crippen LogP contribution in [0.1, 0.15) is 21.6 Å². The molecule has 0 aliphatic carbocycles. The number of benzene rings is 2. The maximum atomic E-state index is 13.6. The fourth-order valence-electron chi connectivity index (χ4n) is 2.63. The summed E-state index contributed by atoms with van der Waals surface area (Å²) in [6.07, 6.45) is -3.49. The first-order valence-electron chi connectivity index (χ1n) is 8.19. The zero-order chi connectivity index (χ0) is 20.3. The Morgan fingerprint density at radius 1 is 1.07 bits per heavy atom. The van der Waals surface area contributed by atoms with E-state index in [9.17, 15) is 22.4 Å². The van der Waals surface area contributed by atoms with Gasteiger partial charge in [-0.15, -0.1) is 0 Å². The van der Waals surface area contributed by atoms with Gasteiger partial charge in [-0.3, -0.25) is 4.79 Å². The summed E-state index contributed by atoms with van der Waals surface area (Å²) < 4.78 is 55.3. The van der Waals surface area contributed by atoms with Crippen molar-refractivity contribution in [1.82, 2.24) is 15.1 Å². The molecule has 0 bridgehead atoms. The summed E-state index contributed by atoms with van der Waals surface area (Å²) in [5.41, 5.74) is -0.864. The number of rotatable bonds is 5. The zero-order valence-corrected chi connectivity index (χ0v) is 15.9. The molecule has 28 heavy (non-hydrogen) atoms. The molecule has 3 rings (SSSR count). The number of hydrogen-bond donors (Lipinski definition) is 1. The molecule has 1 amide bonds. The summed E-state index contributed by atoms with van der Waals surface area (Å²) in [6, 6.07) is 11.7. The van der Waals surface area contributed by atoms with Crippen molar-refractivity contribution in [2.24, 2.45) is 0 Å². The number of nitrogens with zero attached hydrogens (tertiary/aromatic N) is 2. The molecule has 0 fully saturated rings. The molecule has 146 valence electrons. The summed E-state index contributed by atoms with van der Waals surface area (Å²) >= 11 is 3.31. The van der Waals surface area contributed by atoms with Gasteiger partial charge >= 0.3 is 6.18 Å². The number of halogens is 5. The molecule has 1 aromatic heterocycles. The standard InChI is InChI=1S/C19H14BrF4N3O/c20-13-3-1-12(2-4-13)9-10-25-18(28)16-11-26-27(17(16)19(22,23)24)15-7-5-14(21)6-8-15/h1-8,11H,9-10H2,(H,25,28). The van der Waals surface area contributed by atoms with Gasteiger partial charge in [0.05, 0.1) is 17.4 Å². The van der Waals surface area contributed by atoms with Gasteiger partial charge in [-0.25, -0.2) is 9.07 Å². The first-order valence-corrected chi connectivity index (χ1v) is 8.99. The van der Waals surface area contributed by atoms with Gasteiger partial charge in [-0.05, 0) is 48.4 Å². The molecule has 2 aromatic carbocycles. The molecule has 1 heterocycles. The average molecular weight is 456 g/mol. The van der Waals surface area contributed by atoms with E-state index in [1.165, 1.54) is 0 Å². The van der Waals surface area contributed by atoms with E-state index in [1.807, 2.05) is 24.3 Å². The van der Waals surface area contributed by atoms with Gasteiger partial charge in [0.25, 0.3) is 5.91 Å². The Labute approximate surface area is 166 Å². The van der Waals surface area contributed by atoms with Crippen molar-refractivity contribution >= 4 is 21.8 Å². The summed E-state index contributed by atoms with van der Waals surface area (Å²) in [4.78, 5) is 12.3. The fourth-order valence-corrected chi connectivity index (χ4v) is 2.90. The Hall–Kier alpha value is -2.68. The smallest absolute Gasteiger partial charge is 0.352 e. The first kappa shape index (κ1) is 20.1. The van der Waals surface area contributed by atoms with Crippen LogP contribution in [0, 0.1) is 5.82 Å². The minimum atomic E-state index is -4.82. The molecule has 4 nitrogen and oxygen atoms in total. The first-order chi connectivity index (χ1) is 13.3. The van der Waals surface area contributed by atoms with E-state index in [0.29, 0.717) is 11.1 Å². The Kier molecular flexibility index (Phi) is 5.83. The predicted molar refractivity (Wildman–Crippen MR) is 98.7 cm³/mol. The molecule has 9 heteroatoms. The van der Waals surface area contributed by atoms with Crippen LogP contribution in [-0.4, -0.2) is 22.2 Å². The highest BCUT2D eigenvalue weighted by molar-refractivity contribution is 9.10. The summed E-state index contributed by atoms with van der Waals surface area (Å²) in [7, 11) is 0. The van der Waals surface area contributed by atoms with E-state index in [-0.39, 0.29) is 12.2 Å². The number of nitrogens with one attached hydrogen (secondary N) is 1. The molecular formula is C19H14BrF4N3O. The van der Waals surface area contributed by atoms with Gasteiger partial charge in [-0.2, -0.15) is 18.3 Å². The van der Waals surface area contributed by atoms with Crippen LogP contribution in [0.3, 0.4) is 0 Å². The lowest BCUT2D eigenvalue weighted by molar-refractivity contribution is -0.143. The van der Waals surface area contributed by atoms with E-state index in [0.717, 1.165) is 40.5 Å². The van der Waals surface area contributed by atoms with Crippen LogP contribution in [0.2, 0.25) is 0 Å². The van der Waals surface area contributed by atoms with Gasteiger partial charge in [0.2, 0.25) is 0 Å². The Balaban J connectivity index is 1.79. The molecule has 0 unspecified atom stereocenters. The van der Waals surface area contributed by atoms with E-state index < -0.39 is 29.2 Å². The maximum absolute atomic E-state index is 13.6. The molecule has 0 saturated carbocycles. The highest BCUT2D eigenvalue weighted by Crippen LogP contribution is 2.33. The monoisotopic (exact) mass is 455 g/mol. The number of carbonyl (C=O) groups excluding carboxylic acids is 1. The third-order valence-corrected chi connectivity index (χ3v) is 4.49. The van der Waals surface area contributed by atoms with Crippen molar-refractivity contribution in [3.05, 3.63) is 81.8 Å². The Morgan fingerprint density at radius 3 is 2.32 bits per heavy atom. The van der Waals surface area contributed by atoms with Crippen molar-refractivity contribution in [2.75, 3.05) is 6.54 Å². The lowest BCUT2D eigenvalue weighted by atomic mass is 10.1. The largest absolute Gasteiger partial charge is 0.434 e. The zero-order valence-electron chi connectivity index (χ0n) is 14.3. The molecule has 0 spiro atoms. The van der Waals surface area contributed by atoms with Crippen molar-refractivity contribution < 1.29 is 22.4 Å². The van der Waals surface area contributed by atoms with Crippen LogP contribution in [0.4, 0.5) is 17.6 Å². The van der Waals surface area contributed by atoms with Gasteiger partial charge in [-0.1, -0.05) is 28.1 Å². The van der Waals surface area contributed by atoms with Crippen molar-refractivity contribution in [3.8, 4) is 5.69 Å². The molecule has 0 aliphatic rings. The maximum Gasteiger partial charge on any atom is 0.434 e. The Morgan fingerprint density at radius 2 is 1.71 bits per heavy atom. The molecule has 0 saturated heterocycles. The number of aromatic nitrogens is 2. The number of hydrogen-bond acceptors (Lipinski definition) is 2. The predicted octanol–water partition coefficient (Wildman–Crippen LogP) is 4.77. The number of amides is 1. The van der Waals surface area contributed by atoms with Crippen LogP contribution in [-0.2, 0) is 12.6 Å². The van der Waals surface area contributed by atoms with Crippen LogP contribution in [0.25, 0.3) is 5.69 Å². The number of carbonyl (C=O) groups is 1. The normalized spacial score (nSPS) is 11.5. The Bertz CT molecular complexity index is 966. The molecule has 0 radical (unpaired) electrons. The van der Waals surface area contributed by atoms with E-state index in [2.05, 4.69) is 26.3 Å². The highest BCUT2D eigenvalue weighted by Gasteiger charge is 2.40. The average Bonchev–Trinajstić information content (AvgIpc) is 3.09. The van der Waals surface area contributed by atoms with Gasteiger partial charge < -0.3 is 5.32 Å². The van der Waals surface area contributed by atoms with Gasteiger partial charge in [0, 0.05) is 11.0 Å². The second kappa shape index (κ2) is 8.14. The van der Waals surface area contributed by atoms with Gasteiger partial charge in [0.15, 0.2) is 5.69 Å². The fraction of sp³-hybridized carbons (Fsp3) is 0.158. The third kappa shape index (κ3) is 4.59. The second-order valence-electron chi connectivity index (χ2n) is 5.93. The van der Waals surface area contributed by atoms with Crippen molar-refractivity contribution in [2.45, 2.75) is 12.6 Å². The van der Waals surface area contributed by atoms with Gasteiger partial charge in [0.1, 0.15) is 5.82 Å². The summed E-state index contributed by atoms with van der Waals surface area (Å²) in [6.45, 7) is 0.166. The third-order valence-electron chi connectivity index (χ3n) is 3.97. The number of alkyl halides is 3. The van der Waals surface area contributed by atoms with Crippen molar-refractivity contribution in [3.63, 3.8) is 0 Å².